The molecular formula is C11H18N4O. The number of hydrogen-bond acceptors (Lipinski definition) is 3. The molecule has 2 heterocycles. The summed E-state index contributed by atoms with van der Waals surface area (Å²) in [4.78, 5) is 14.0. The second kappa shape index (κ2) is 4.65. The maximum Gasteiger partial charge on any atom is 0.247 e. The molecule has 5 nitrogen and oxygen atoms in total. The van der Waals surface area contributed by atoms with E-state index >= 15 is 0 Å². The quantitative estimate of drug-likeness (QED) is 0.787. The number of hydrogen-bond donors (Lipinski definition) is 1. The molecule has 1 aromatic rings. The summed E-state index contributed by atoms with van der Waals surface area (Å²) < 4.78 is 1.68. The molecule has 0 radical (unpaired) electrons. The Balaban J connectivity index is 2.01. The van der Waals surface area contributed by atoms with Gasteiger partial charge in [-0.1, -0.05) is 0 Å². The lowest BCUT2D eigenvalue weighted by molar-refractivity contribution is -0.135. The fourth-order valence-electron chi connectivity index (χ4n) is 2.10. The Hall–Kier alpha value is -1.36. The van der Waals surface area contributed by atoms with Crippen LogP contribution in [0.1, 0.15) is 25.8 Å². The molecule has 0 aromatic carbocycles. The number of aromatic nitrogens is 2. The predicted octanol–water partition coefficient (Wildman–Crippen LogP) is 0.394. The molecule has 2 unspecified atom stereocenters. The maximum atomic E-state index is 12.2. The first kappa shape index (κ1) is 11.1. The molecule has 0 aliphatic carbocycles. The van der Waals surface area contributed by atoms with Gasteiger partial charge in [-0.15, -0.1) is 0 Å². The molecule has 1 amide bonds. The van der Waals surface area contributed by atoms with Crippen molar-refractivity contribution in [2.75, 3.05) is 13.1 Å². The van der Waals surface area contributed by atoms with Crippen molar-refractivity contribution in [2.24, 2.45) is 5.73 Å². The van der Waals surface area contributed by atoms with Crippen molar-refractivity contribution in [3.05, 3.63) is 18.5 Å². The van der Waals surface area contributed by atoms with Gasteiger partial charge in [0.15, 0.2) is 0 Å². The van der Waals surface area contributed by atoms with Gasteiger partial charge in [-0.2, -0.15) is 5.10 Å². The van der Waals surface area contributed by atoms with Gasteiger partial charge in [0.05, 0.1) is 0 Å². The van der Waals surface area contributed by atoms with E-state index in [1.165, 1.54) is 0 Å². The van der Waals surface area contributed by atoms with Gasteiger partial charge < -0.3 is 10.6 Å². The number of nitrogens with two attached hydrogens (primary N) is 1. The normalized spacial score (nSPS) is 23.1. The first-order valence-corrected chi connectivity index (χ1v) is 5.72. The number of carbonyl (C=O) groups excluding carboxylic acids is 1. The molecule has 88 valence electrons. The average molecular weight is 222 g/mol. The topological polar surface area (TPSA) is 64.2 Å². The Morgan fingerprint density at radius 2 is 2.44 bits per heavy atom. The van der Waals surface area contributed by atoms with E-state index in [0.717, 1.165) is 19.4 Å². The zero-order valence-electron chi connectivity index (χ0n) is 9.54. The summed E-state index contributed by atoms with van der Waals surface area (Å²) in [6.45, 7) is 3.36. The molecule has 2 N–H and O–H groups in total. The summed E-state index contributed by atoms with van der Waals surface area (Å²) >= 11 is 0. The first-order valence-electron chi connectivity index (χ1n) is 5.72. The van der Waals surface area contributed by atoms with Crippen molar-refractivity contribution < 1.29 is 4.79 Å². The van der Waals surface area contributed by atoms with Crippen LogP contribution in [0.2, 0.25) is 0 Å². The molecule has 1 fully saturated rings. The Labute approximate surface area is 95.2 Å². The first-order chi connectivity index (χ1) is 7.68. The molecular weight excluding hydrogens is 204 g/mol. The minimum atomic E-state index is -0.236. The number of amides is 1. The van der Waals surface area contributed by atoms with Crippen LogP contribution in [0.5, 0.6) is 0 Å². The highest BCUT2D eigenvalue weighted by atomic mass is 16.2. The third kappa shape index (κ3) is 2.24. The van der Waals surface area contributed by atoms with Crippen LogP contribution in [0.3, 0.4) is 0 Å². The van der Waals surface area contributed by atoms with Crippen LogP contribution in [-0.2, 0) is 4.79 Å². The number of nitrogens with zero attached hydrogens (tertiary/aromatic N) is 3. The van der Waals surface area contributed by atoms with E-state index in [0.29, 0.717) is 6.54 Å². The molecule has 0 saturated carbocycles. The Kier molecular flexibility index (Phi) is 3.24. The monoisotopic (exact) mass is 222 g/mol. The summed E-state index contributed by atoms with van der Waals surface area (Å²) in [5.41, 5.74) is 5.87. The van der Waals surface area contributed by atoms with Gasteiger partial charge in [0.25, 0.3) is 0 Å². The van der Waals surface area contributed by atoms with E-state index in [1.54, 1.807) is 10.9 Å². The highest BCUT2D eigenvalue weighted by Crippen LogP contribution is 2.14. The van der Waals surface area contributed by atoms with E-state index in [1.807, 2.05) is 24.1 Å². The highest BCUT2D eigenvalue weighted by molar-refractivity contribution is 5.80. The maximum absolute atomic E-state index is 12.2. The van der Waals surface area contributed by atoms with Gasteiger partial charge in [0, 0.05) is 31.5 Å². The Bertz CT molecular complexity index is 349. The third-order valence-corrected chi connectivity index (χ3v) is 3.05. The van der Waals surface area contributed by atoms with Crippen LogP contribution in [-0.4, -0.2) is 39.7 Å². The van der Waals surface area contributed by atoms with Gasteiger partial charge in [-0.05, 0) is 25.8 Å². The van der Waals surface area contributed by atoms with Gasteiger partial charge >= 0.3 is 0 Å². The Morgan fingerprint density at radius 3 is 3.06 bits per heavy atom. The van der Waals surface area contributed by atoms with Crippen molar-refractivity contribution in [2.45, 2.75) is 31.8 Å². The van der Waals surface area contributed by atoms with Crippen molar-refractivity contribution in [3.63, 3.8) is 0 Å². The summed E-state index contributed by atoms with van der Waals surface area (Å²) in [7, 11) is 0. The van der Waals surface area contributed by atoms with Crippen LogP contribution < -0.4 is 5.73 Å². The molecule has 1 aliphatic rings. The summed E-state index contributed by atoms with van der Waals surface area (Å²) in [5.74, 6) is 0.110. The van der Waals surface area contributed by atoms with Crippen molar-refractivity contribution in [3.8, 4) is 0 Å². The number of likely N-dealkylation sites (tertiary alicyclic amines) is 1. The zero-order valence-corrected chi connectivity index (χ0v) is 9.54. The lowest BCUT2D eigenvalue weighted by atomic mass is 10.1. The second-order valence-corrected chi connectivity index (χ2v) is 4.35. The Morgan fingerprint density at radius 1 is 1.62 bits per heavy atom. The standard InChI is InChI=1S/C11H18N4O/c1-9(15-7-3-5-13-15)11(16)14-6-2-4-10(12)8-14/h3,5,7,9-10H,2,4,6,8,12H2,1H3. The van der Waals surface area contributed by atoms with E-state index < -0.39 is 0 Å². The molecule has 0 bridgehead atoms. The van der Waals surface area contributed by atoms with E-state index in [-0.39, 0.29) is 18.0 Å². The average Bonchev–Trinajstić information content (AvgIpc) is 2.80. The smallest absolute Gasteiger partial charge is 0.247 e. The molecule has 2 atom stereocenters. The highest BCUT2D eigenvalue weighted by Gasteiger charge is 2.26. The minimum Gasteiger partial charge on any atom is -0.339 e. The van der Waals surface area contributed by atoms with Crippen LogP contribution in [0.25, 0.3) is 0 Å². The molecule has 2 rings (SSSR count). The molecule has 1 aromatic heterocycles. The zero-order chi connectivity index (χ0) is 11.5. The van der Waals surface area contributed by atoms with E-state index in [9.17, 15) is 4.79 Å². The van der Waals surface area contributed by atoms with Crippen molar-refractivity contribution >= 4 is 5.91 Å². The SMILES string of the molecule is CC(C(=O)N1CCCC(N)C1)n1cccn1. The summed E-state index contributed by atoms with van der Waals surface area (Å²) in [6.07, 6.45) is 5.51. The fourth-order valence-corrected chi connectivity index (χ4v) is 2.10. The number of rotatable bonds is 2. The molecule has 0 spiro atoms. The predicted molar refractivity (Wildman–Crippen MR) is 60.7 cm³/mol. The molecule has 5 heteroatoms. The molecule has 16 heavy (non-hydrogen) atoms. The minimum absolute atomic E-state index is 0.110. The number of carbonyl (C=O) groups is 1. The van der Waals surface area contributed by atoms with Crippen LogP contribution in [0, 0.1) is 0 Å². The third-order valence-electron chi connectivity index (χ3n) is 3.05. The van der Waals surface area contributed by atoms with Crippen LogP contribution >= 0.6 is 0 Å². The summed E-state index contributed by atoms with van der Waals surface area (Å²) in [5, 5.41) is 4.09. The van der Waals surface area contributed by atoms with E-state index in [4.69, 9.17) is 5.73 Å². The van der Waals surface area contributed by atoms with Gasteiger partial charge in [-0.3, -0.25) is 9.48 Å². The lowest BCUT2D eigenvalue weighted by Crippen LogP contribution is -2.47. The lowest BCUT2D eigenvalue weighted by Gasteiger charge is -2.32. The molecule has 1 saturated heterocycles. The van der Waals surface area contributed by atoms with Crippen LogP contribution in [0.15, 0.2) is 18.5 Å². The molecule has 1 aliphatic heterocycles. The fraction of sp³-hybridized carbons (Fsp3) is 0.636. The van der Waals surface area contributed by atoms with Gasteiger partial charge in [0.2, 0.25) is 5.91 Å². The number of piperidine rings is 1. The summed E-state index contributed by atoms with van der Waals surface area (Å²) in [6, 6.07) is 1.72. The second-order valence-electron chi connectivity index (χ2n) is 4.35. The van der Waals surface area contributed by atoms with Crippen LogP contribution in [0.4, 0.5) is 0 Å². The van der Waals surface area contributed by atoms with Crippen molar-refractivity contribution in [1.29, 1.82) is 0 Å². The van der Waals surface area contributed by atoms with Gasteiger partial charge in [-0.25, -0.2) is 0 Å². The van der Waals surface area contributed by atoms with Gasteiger partial charge in [0.1, 0.15) is 6.04 Å². The van der Waals surface area contributed by atoms with E-state index in [2.05, 4.69) is 5.10 Å². The largest absolute Gasteiger partial charge is 0.339 e. The van der Waals surface area contributed by atoms with Crippen molar-refractivity contribution in [1.82, 2.24) is 14.7 Å².